The second-order valence-electron chi connectivity index (χ2n) is 2.63. The molecule has 0 aromatic carbocycles. The van der Waals surface area contributed by atoms with E-state index in [1.807, 2.05) is 11.4 Å². The summed E-state index contributed by atoms with van der Waals surface area (Å²) in [7, 11) is 0. The Hall–Kier alpha value is -0.000000000000000111. The van der Waals surface area contributed by atoms with E-state index in [0.717, 1.165) is 8.68 Å². The van der Waals surface area contributed by atoms with Crippen molar-refractivity contribution in [3.05, 3.63) is 15.9 Å². The molecule has 1 heterocycles. The predicted octanol–water partition coefficient (Wildman–Crippen LogP) is 3.32. The number of thiophene rings is 1. The zero-order valence-corrected chi connectivity index (χ0v) is 10.2. The van der Waals surface area contributed by atoms with Gasteiger partial charge in [-0.25, -0.2) is 0 Å². The number of hydrogen-bond donors (Lipinski definition) is 1. The first kappa shape index (κ1) is 11.1. The summed E-state index contributed by atoms with van der Waals surface area (Å²) < 4.78 is 2.21. The van der Waals surface area contributed by atoms with E-state index in [4.69, 9.17) is 5.11 Å². The third kappa shape index (κ3) is 3.70. The zero-order valence-electron chi connectivity index (χ0n) is 6.99. The van der Waals surface area contributed by atoms with Crippen LogP contribution in [0.15, 0.2) is 20.1 Å². The van der Waals surface area contributed by atoms with Crippen LogP contribution in [0.2, 0.25) is 0 Å². The summed E-state index contributed by atoms with van der Waals surface area (Å²) in [5, 5.41) is 10.6. The number of rotatable bonds is 4. The molecule has 0 amide bonds. The van der Waals surface area contributed by atoms with Crippen molar-refractivity contribution in [1.29, 1.82) is 0 Å². The number of aliphatic carboxylic acids is 1. The standard InChI is InChI=1S/C8H9BrO2S2/c1-5(8(10)11)3-12-7-2-6(9)4-13-7/h2,4-5H,3H2,1H3,(H,10,11). The van der Waals surface area contributed by atoms with Gasteiger partial charge in [0.15, 0.2) is 0 Å². The van der Waals surface area contributed by atoms with E-state index >= 15 is 0 Å². The highest BCUT2D eigenvalue weighted by Gasteiger charge is 2.11. The lowest BCUT2D eigenvalue weighted by molar-refractivity contribution is -0.140. The molecule has 1 aromatic rings. The predicted molar refractivity (Wildman–Crippen MR) is 59.5 cm³/mol. The first-order chi connectivity index (χ1) is 6.09. The Morgan fingerprint density at radius 3 is 3.00 bits per heavy atom. The number of halogens is 1. The lowest BCUT2D eigenvalue weighted by Crippen LogP contribution is -2.11. The number of thioether (sulfide) groups is 1. The molecule has 0 aliphatic heterocycles. The van der Waals surface area contributed by atoms with Crippen molar-refractivity contribution in [3.63, 3.8) is 0 Å². The summed E-state index contributed by atoms with van der Waals surface area (Å²) in [6, 6.07) is 2.00. The second kappa shape index (κ2) is 5.02. The fraction of sp³-hybridized carbons (Fsp3) is 0.375. The summed E-state index contributed by atoms with van der Waals surface area (Å²) >= 11 is 6.56. The van der Waals surface area contributed by atoms with Crippen LogP contribution in [0.1, 0.15) is 6.92 Å². The number of carboxylic acids is 1. The smallest absolute Gasteiger partial charge is 0.307 e. The molecule has 0 spiro atoms. The van der Waals surface area contributed by atoms with E-state index in [-0.39, 0.29) is 5.92 Å². The minimum Gasteiger partial charge on any atom is -0.481 e. The summed E-state index contributed by atoms with van der Waals surface area (Å²) in [5.74, 6) is -0.392. The maximum atomic E-state index is 10.5. The fourth-order valence-electron chi connectivity index (χ4n) is 0.649. The topological polar surface area (TPSA) is 37.3 Å². The van der Waals surface area contributed by atoms with E-state index in [0.29, 0.717) is 5.75 Å². The lowest BCUT2D eigenvalue weighted by atomic mass is 10.2. The van der Waals surface area contributed by atoms with Gasteiger partial charge in [0, 0.05) is 15.6 Å². The Labute approximate surface area is 93.5 Å². The molecule has 1 atom stereocenters. The van der Waals surface area contributed by atoms with Gasteiger partial charge in [0.25, 0.3) is 0 Å². The minimum absolute atomic E-state index is 0.286. The number of carbonyl (C=O) groups is 1. The SMILES string of the molecule is CC(CSc1cc(Br)cs1)C(=O)O. The molecular weight excluding hydrogens is 272 g/mol. The molecule has 72 valence electrons. The van der Waals surface area contributed by atoms with Gasteiger partial charge in [0.2, 0.25) is 0 Å². The molecule has 13 heavy (non-hydrogen) atoms. The highest BCUT2D eigenvalue weighted by Crippen LogP contribution is 2.30. The zero-order chi connectivity index (χ0) is 9.84. The van der Waals surface area contributed by atoms with E-state index in [2.05, 4.69) is 15.9 Å². The normalized spacial score (nSPS) is 12.8. The lowest BCUT2D eigenvalue weighted by Gasteiger charge is -2.02. The van der Waals surface area contributed by atoms with Gasteiger partial charge < -0.3 is 5.11 Å². The molecular formula is C8H9BrO2S2. The molecule has 1 rings (SSSR count). The van der Waals surface area contributed by atoms with Gasteiger partial charge in [0.05, 0.1) is 10.1 Å². The van der Waals surface area contributed by atoms with Crippen LogP contribution in [0.5, 0.6) is 0 Å². The van der Waals surface area contributed by atoms with E-state index in [1.54, 1.807) is 30.0 Å². The molecule has 2 nitrogen and oxygen atoms in total. The van der Waals surface area contributed by atoms with Gasteiger partial charge in [-0.15, -0.1) is 23.1 Å². The monoisotopic (exact) mass is 280 g/mol. The molecule has 0 radical (unpaired) electrons. The number of carboxylic acid groups (broad SMARTS) is 1. The minimum atomic E-state index is -0.733. The van der Waals surface area contributed by atoms with Crippen molar-refractivity contribution in [2.45, 2.75) is 11.1 Å². The average Bonchev–Trinajstić information content (AvgIpc) is 2.47. The Kier molecular flexibility index (Phi) is 4.28. The van der Waals surface area contributed by atoms with Gasteiger partial charge in [-0.3, -0.25) is 4.79 Å². The number of hydrogen-bond acceptors (Lipinski definition) is 3. The van der Waals surface area contributed by atoms with E-state index in [1.165, 1.54) is 0 Å². The van der Waals surface area contributed by atoms with Crippen LogP contribution in [0.3, 0.4) is 0 Å². The average molecular weight is 281 g/mol. The van der Waals surface area contributed by atoms with Crippen LogP contribution in [0.4, 0.5) is 0 Å². The van der Waals surface area contributed by atoms with E-state index in [9.17, 15) is 4.79 Å². The highest BCUT2D eigenvalue weighted by atomic mass is 79.9. The molecule has 0 saturated carbocycles. The molecule has 1 unspecified atom stereocenters. The van der Waals surface area contributed by atoms with Crippen LogP contribution >= 0.6 is 39.0 Å². The molecule has 1 aromatic heterocycles. The van der Waals surface area contributed by atoms with Gasteiger partial charge in [0.1, 0.15) is 0 Å². The van der Waals surface area contributed by atoms with Crippen LogP contribution in [0, 0.1) is 5.92 Å². The summed E-state index contributed by atoms with van der Waals surface area (Å²) in [5.41, 5.74) is 0. The second-order valence-corrected chi connectivity index (χ2v) is 5.78. The van der Waals surface area contributed by atoms with E-state index < -0.39 is 5.97 Å². The van der Waals surface area contributed by atoms with Crippen LogP contribution < -0.4 is 0 Å². The molecule has 0 bridgehead atoms. The molecule has 0 saturated heterocycles. The molecule has 5 heteroatoms. The molecule has 1 N–H and O–H groups in total. The maximum Gasteiger partial charge on any atom is 0.307 e. The Balaban J connectivity index is 2.39. The first-order valence-corrected chi connectivity index (χ1v) is 6.35. The van der Waals surface area contributed by atoms with Crippen molar-refractivity contribution in [1.82, 2.24) is 0 Å². The Morgan fingerprint density at radius 1 is 1.85 bits per heavy atom. The van der Waals surface area contributed by atoms with Gasteiger partial charge >= 0.3 is 5.97 Å². The third-order valence-corrected chi connectivity index (χ3v) is 4.63. The quantitative estimate of drug-likeness (QED) is 0.860. The van der Waals surface area contributed by atoms with Crippen LogP contribution in [0.25, 0.3) is 0 Å². The van der Waals surface area contributed by atoms with Crippen molar-refractivity contribution in [2.24, 2.45) is 5.92 Å². The summed E-state index contributed by atoms with van der Waals surface area (Å²) in [6.45, 7) is 1.72. The third-order valence-electron chi connectivity index (χ3n) is 1.44. The maximum absolute atomic E-state index is 10.5. The molecule has 0 aliphatic rings. The van der Waals surface area contributed by atoms with Crippen LogP contribution in [-0.4, -0.2) is 16.8 Å². The largest absolute Gasteiger partial charge is 0.481 e. The Morgan fingerprint density at radius 2 is 2.54 bits per heavy atom. The summed E-state index contributed by atoms with van der Waals surface area (Å²) in [4.78, 5) is 10.5. The van der Waals surface area contributed by atoms with Gasteiger partial charge in [-0.05, 0) is 22.0 Å². The first-order valence-electron chi connectivity index (χ1n) is 3.69. The van der Waals surface area contributed by atoms with Crippen molar-refractivity contribution >= 4 is 45.0 Å². The highest BCUT2D eigenvalue weighted by molar-refractivity contribution is 9.10. The summed E-state index contributed by atoms with van der Waals surface area (Å²) in [6.07, 6.45) is 0. The fourth-order valence-corrected chi connectivity index (χ4v) is 3.34. The van der Waals surface area contributed by atoms with Gasteiger partial charge in [-0.2, -0.15) is 0 Å². The molecule has 0 fully saturated rings. The van der Waals surface area contributed by atoms with Gasteiger partial charge in [-0.1, -0.05) is 6.92 Å². The van der Waals surface area contributed by atoms with Crippen molar-refractivity contribution in [2.75, 3.05) is 5.75 Å². The van der Waals surface area contributed by atoms with Crippen molar-refractivity contribution < 1.29 is 9.90 Å². The van der Waals surface area contributed by atoms with Crippen LogP contribution in [-0.2, 0) is 4.79 Å². The molecule has 0 aliphatic carbocycles. The Bertz CT molecular complexity index is 298. The van der Waals surface area contributed by atoms with Crippen molar-refractivity contribution in [3.8, 4) is 0 Å².